The van der Waals surface area contributed by atoms with Crippen molar-refractivity contribution in [2.45, 2.75) is 60.0 Å². The Bertz CT molecular complexity index is 2020. The van der Waals surface area contributed by atoms with Crippen molar-refractivity contribution in [3.05, 3.63) is 126 Å². The van der Waals surface area contributed by atoms with E-state index in [0.29, 0.717) is 41.2 Å². The van der Waals surface area contributed by atoms with Crippen molar-refractivity contribution >= 4 is 18.1 Å². The van der Waals surface area contributed by atoms with Gasteiger partial charge in [-0.25, -0.2) is 0 Å². The van der Waals surface area contributed by atoms with Gasteiger partial charge in [0, 0.05) is 41.1 Å². The van der Waals surface area contributed by atoms with Gasteiger partial charge in [-0.3, -0.25) is 14.8 Å². The van der Waals surface area contributed by atoms with Crippen LogP contribution in [0.15, 0.2) is 97.3 Å². The van der Waals surface area contributed by atoms with Gasteiger partial charge >= 0.3 is 5.97 Å². The van der Waals surface area contributed by atoms with Crippen LogP contribution in [0.1, 0.15) is 76.4 Å². The Kier molecular flexibility index (Phi) is 12.0. The molecule has 2 saturated carbocycles. The summed E-state index contributed by atoms with van der Waals surface area (Å²) in [5, 5.41) is 19.0. The van der Waals surface area contributed by atoms with E-state index in [0.717, 1.165) is 46.5 Å². The molecule has 2 aliphatic carbocycles. The van der Waals surface area contributed by atoms with Crippen LogP contribution in [-0.4, -0.2) is 22.0 Å². The second-order valence-electron chi connectivity index (χ2n) is 15.3. The standard InChI is InChI=1S/C47H49N4O2/c1-30-14-15-35(43(32(30)3)23-21-41-19-17-39(29-51-41)45-13-9-7-11-37(45)27-49)25-47(52)53-46-24-31(2)33(4)42(34(46)5)22-20-40-18-16-38(28-50-40)44-12-8-6-10-36(44)26-48/h6-13,15-23,28-35,42-43,46H,14,24-25H2,1-5H3/b22-20+,23-21+/t30-,31-,32+,33+,34-,35-,42-,43-,46+/m0/s1. The molecule has 2 aliphatic rings. The van der Waals surface area contributed by atoms with Gasteiger partial charge in [0.15, 0.2) is 0 Å². The SMILES string of the molecule is C[C@H]1[C@H](/C=C/c2ccc(-c3ccccc3C#N)cn2)[C@H](C)[C@H](OC(=O)C[C@@H]2[CH]C[C@H](C)[C@@H](C)[C@@H]2/C=C/c2ccc(-c3ccccc3C#N)cn2)C[C@@H]1C. The summed E-state index contributed by atoms with van der Waals surface area (Å²) in [5.41, 5.74) is 6.56. The summed E-state index contributed by atoms with van der Waals surface area (Å²) in [4.78, 5) is 23.1. The van der Waals surface area contributed by atoms with Crippen LogP contribution in [0.3, 0.4) is 0 Å². The fraction of sp³-hybridized carbons (Fsp3) is 0.362. The Hall–Kier alpha value is -5.33. The van der Waals surface area contributed by atoms with Crippen LogP contribution < -0.4 is 0 Å². The summed E-state index contributed by atoms with van der Waals surface area (Å²) < 4.78 is 6.35. The Morgan fingerprint density at radius 1 is 0.717 bits per heavy atom. The second-order valence-corrected chi connectivity index (χ2v) is 15.3. The number of nitriles is 2. The zero-order chi connectivity index (χ0) is 37.5. The molecule has 269 valence electrons. The highest BCUT2D eigenvalue weighted by Gasteiger charge is 2.40. The van der Waals surface area contributed by atoms with E-state index in [4.69, 9.17) is 4.74 Å². The Balaban J connectivity index is 1.10. The molecule has 6 heteroatoms. The lowest BCUT2D eigenvalue weighted by Gasteiger charge is -2.43. The van der Waals surface area contributed by atoms with Crippen molar-refractivity contribution in [2.24, 2.45) is 47.3 Å². The summed E-state index contributed by atoms with van der Waals surface area (Å²) in [6, 6.07) is 27.7. The van der Waals surface area contributed by atoms with Gasteiger partial charge in [0.05, 0.1) is 34.7 Å². The molecule has 1 radical (unpaired) electrons. The van der Waals surface area contributed by atoms with E-state index in [1.54, 1.807) is 0 Å². The third-order valence-electron chi connectivity index (χ3n) is 12.1. The van der Waals surface area contributed by atoms with Crippen LogP contribution in [0, 0.1) is 76.4 Å². The lowest BCUT2D eigenvalue weighted by Crippen LogP contribution is -2.42. The zero-order valence-electron chi connectivity index (χ0n) is 31.4. The van der Waals surface area contributed by atoms with Gasteiger partial charge in [-0.2, -0.15) is 10.5 Å². The van der Waals surface area contributed by atoms with Crippen molar-refractivity contribution in [1.82, 2.24) is 9.97 Å². The number of aromatic nitrogens is 2. The number of allylic oxidation sites excluding steroid dienone is 2. The highest BCUT2D eigenvalue weighted by molar-refractivity contribution is 5.72. The number of carbonyl (C=O) groups is 1. The van der Waals surface area contributed by atoms with Crippen molar-refractivity contribution < 1.29 is 9.53 Å². The molecule has 53 heavy (non-hydrogen) atoms. The summed E-state index contributed by atoms with van der Waals surface area (Å²) in [5.74, 6) is 2.33. The first-order valence-corrected chi connectivity index (χ1v) is 19.0. The summed E-state index contributed by atoms with van der Waals surface area (Å²) in [7, 11) is 0. The predicted molar refractivity (Wildman–Crippen MR) is 211 cm³/mol. The van der Waals surface area contributed by atoms with Crippen LogP contribution in [0.25, 0.3) is 34.4 Å². The minimum atomic E-state index is -0.149. The average molecular weight is 702 g/mol. The van der Waals surface area contributed by atoms with Crippen molar-refractivity contribution in [3.63, 3.8) is 0 Å². The van der Waals surface area contributed by atoms with E-state index in [2.05, 4.69) is 87.4 Å². The molecule has 2 aromatic carbocycles. The molecular weight excluding hydrogens is 653 g/mol. The maximum atomic E-state index is 13.7. The van der Waals surface area contributed by atoms with Crippen LogP contribution >= 0.6 is 0 Å². The maximum Gasteiger partial charge on any atom is 0.306 e. The van der Waals surface area contributed by atoms with Crippen LogP contribution in [0.4, 0.5) is 0 Å². The van der Waals surface area contributed by atoms with Gasteiger partial charge in [0.25, 0.3) is 0 Å². The molecule has 0 bridgehead atoms. The maximum absolute atomic E-state index is 13.7. The van der Waals surface area contributed by atoms with Crippen molar-refractivity contribution in [2.75, 3.05) is 0 Å². The van der Waals surface area contributed by atoms with E-state index < -0.39 is 0 Å². The summed E-state index contributed by atoms with van der Waals surface area (Å²) in [6.45, 7) is 11.3. The monoisotopic (exact) mass is 701 g/mol. The smallest absolute Gasteiger partial charge is 0.306 e. The zero-order valence-corrected chi connectivity index (χ0v) is 31.4. The molecule has 4 aromatic rings. The van der Waals surface area contributed by atoms with Gasteiger partial charge in [0.2, 0.25) is 0 Å². The molecule has 2 fully saturated rings. The lowest BCUT2D eigenvalue weighted by atomic mass is 9.66. The third kappa shape index (κ3) is 8.66. The van der Waals surface area contributed by atoms with E-state index >= 15 is 0 Å². The topological polar surface area (TPSA) is 99.7 Å². The molecule has 6 rings (SSSR count). The molecule has 0 unspecified atom stereocenters. The lowest BCUT2D eigenvalue weighted by molar-refractivity contribution is -0.158. The van der Waals surface area contributed by atoms with E-state index in [1.165, 1.54) is 0 Å². The van der Waals surface area contributed by atoms with Crippen LogP contribution in [0.5, 0.6) is 0 Å². The van der Waals surface area contributed by atoms with Crippen molar-refractivity contribution in [3.8, 4) is 34.4 Å². The predicted octanol–water partition coefficient (Wildman–Crippen LogP) is 10.6. The third-order valence-corrected chi connectivity index (χ3v) is 12.1. The molecule has 0 N–H and O–H groups in total. The fourth-order valence-corrected chi connectivity index (χ4v) is 8.30. The minimum Gasteiger partial charge on any atom is -0.462 e. The highest BCUT2D eigenvalue weighted by atomic mass is 16.5. The first-order valence-electron chi connectivity index (χ1n) is 19.0. The van der Waals surface area contributed by atoms with Crippen LogP contribution in [-0.2, 0) is 9.53 Å². The molecule has 2 aromatic heterocycles. The quantitative estimate of drug-likeness (QED) is 0.161. The molecule has 6 nitrogen and oxygen atoms in total. The number of esters is 1. The van der Waals surface area contributed by atoms with Gasteiger partial charge in [-0.1, -0.05) is 95.3 Å². The Morgan fingerprint density at radius 2 is 1.25 bits per heavy atom. The minimum absolute atomic E-state index is 0.0897. The number of carbonyl (C=O) groups excluding carboxylic acids is 1. The van der Waals surface area contributed by atoms with Gasteiger partial charge in [-0.15, -0.1) is 0 Å². The number of benzene rings is 2. The summed E-state index contributed by atoms with van der Waals surface area (Å²) >= 11 is 0. The molecule has 0 saturated heterocycles. The van der Waals surface area contributed by atoms with Gasteiger partial charge < -0.3 is 4.74 Å². The Labute approximate surface area is 315 Å². The van der Waals surface area contributed by atoms with E-state index in [1.807, 2.05) is 85.2 Å². The van der Waals surface area contributed by atoms with Gasteiger partial charge in [-0.05, 0) is 103 Å². The molecule has 0 spiro atoms. The first kappa shape index (κ1) is 37.4. The molecule has 9 atom stereocenters. The Morgan fingerprint density at radius 3 is 1.77 bits per heavy atom. The van der Waals surface area contributed by atoms with Crippen LogP contribution in [0.2, 0.25) is 0 Å². The number of nitrogens with zero attached hydrogens (tertiary/aromatic N) is 4. The largest absolute Gasteiger partial charge is 0.462 e. The highest BCUT2D eigenvalue weighted by Crippen LogP contribution is 2.43. The number of pyridine rings is 2. The summed E-state index contributed by atoms with van der Waals surface area (Å²) in [6.07, 6.45) is 16.7. The molecule has 2 heterocycles. The van der Waals surface area contributed by atoms with E-state index in [9.17, 15) is 15.3 Å². The number of hydrogen-bond donors (Lipinski definition) is 0. The number of hydrogen-bond acceptors (Lipinski definition) is 6. The number of rotatable bonds is 9. The molecule has 0 amide bonds. The number of ether oxygens (including phenoxy) is 1. The first-order chi connectivity index (χ1) is 25.7. The molecular formula is C47H49N4O2. The van der Waals surface area contributed by atoms with E-state index in [-0.39, 0.29) is 35.7 Å². The normalized spacial score (nSPS) is 27.3. The molecule has 0 aliphatic heterocycles. The van der Waals surface area contributed by atoms with Crippen molar-refractivity contribution in [1.29, 1.82) is 10.5 Å². The average Bonchev–Trinajstić information content (AvgIpc) is 3.18. The van der Waals surface area contributed by atoms with Gasteiger partial charge in [0.1, 0.15) is 6.10 Å². The fourth-order valence-electron chi connectivity index (χ4n) is 8.30. The second kappa shape index (κ2) is 17.0.